The van der Waals surface area contributed by atoms with Gasteiger partial charge in [0.05, 0.1) is 0 Å². The van der Waals surface area contributed by atoms with Crippen LogP contribution in [-0.2, 0) is 6.42 Å². The molecule has 23 heavy (non-hydrogen) atoms. The first-order valence-corrected chi connectivity index (χ1v) is 8.28. The maximum Gasteiger partial charge on any atom is 0.193 e. The molecule has 2 heterocycles. The normalized spacial score (nSPS) is 16.4. The summed E-state index contributed by atoms with van der Waals surface area (Å²) in [7, 11) is 1.88. The Balaban J connectivity index is 0.00000192. The second-order valence-electron chi connectivity index (χ2n) is 6.25. The van der Waals surface area contributed by atoms with Crippen molar-refractivity contribution in [3.63, 3.8) is 0 Å². The number of rotatable bonds is 3. The standard InChI is InChI=1S/C18H26N4.HI/c1-14-8-11-22(12-9-14)18(19-2)20-10-7-15-13-21-17-6-4-3-5-16(15)17;/h3-6,13-14,21H,7-12H2,1-2H3,(H,19,20);1H. The molecule has 1 aromatic heterocycles. The second kappa shape index (κ2) is 8.57. The first-order valence-electron chi connectivity index (χ1n) is 8.28. The van der Waals surface area contributed by atoms with Crippen LogP contribution >= 0.6 is 24.0 Å². The van der Waals surface area contributed by atoms with Crippen molar-refractivity contribution in [2.24, 2.45) is 10.9 Å². The summed E-state index contributed by atoms with van der Waals surface area (Å²) < 4.78 is 0. The van der Waals surface area contributed by atoms with Gasteiger partial charge in [-0.3, -0.25) is 4.99 Å². The number of aliphatic imine (C=N–C) groups is 1. The lowest BCUT2D eigenvalue weighted by Gasteiger charge is -2.32. The first kappa shape index (κ1) is 18.1. The number of para-hydroxylation sites is 1. The molecule has 3 rings (SSSR count). The number of benzene rings is 1. The van der Waals surface area contributed by atoms with Crippen molar-refractivity contribution >= 4 is 40.8 Å². The van der Waals surface area contributed by atoms with Crippen molar-refractivity contribution < 1.29 is 0 Å². The predicted molar refractivity (Wildman–Crippen MR) is 109 cm³/mol. The summed E-state index contributed by atoms with van der Waals surface area (Å²) >= 11 is 0. The summed E-state index contributed by atoms with van der Waals surface area (Å²) in [4.78, 5) is 10.2. The number of halogens is 1. The van der Waals surface area contributed by atoms with E-state index in [1.54, 1.807) is 0 Å². The Morgan fingerprint density at radius 1 is 1.30 bits per heavy atom. The third-order valence-corrected chi connectivity index (χ3v) is 4.65. The van der Waals surface area contributed by atoms with Gasteiger partial charge >= 0.3 is 0 Å². The number of nitrogens with zero attached hydrogens (tertiary/aromatic N) is 2. The summed E-state index contributed by atoms with van der Waals surface area (Å²) in [6.45, 7) is 5.49. The molecule has 1 aliphatic rings. The molecule has 4 nitrogen and oxygen atoms in total. The van der Waals surface area contributed by atoms with Crippen LogP contribution in [-0.4, -0.2) is 42.5 Å². The number of aromatic nitrogens is 1. The summed E-state index contributed by atoms with van der Waals surface area (Å²) in [5.41, 5.74) is 2.58. The minimum absolute atomic E-state index is 0. The Hall–Kier alpha value is -1.24. The highest BCUT2D eigenvalue weighted by Crippen LogP contribution is 2.18. The van der Waals surface area contributed by atoms with Crippen LogP contribution in [0.15, 0.2) is 35.5 Å². The largest absolute Gasteiger partial charge is 0.361 e. The van der Waals surface area contributed by atoms with Gasteiger partial charge in [0.15, 0.2) is 5.96 Å². The van der Waals surface area contributed by atoms with Gasteiger partial charge in [0.1, 0.15) is 0 Å². The molecule has 0 saturated carbocycles. The zero-order valence-electron chi connectivity index (χ0n) is 14.0. The number of hydrogen-bond donors (Lipinski definition) is 2. The molecule has 5 heteroatoms. The van der Waals surface area contributed by atoms with Crippen LogP contribution in [0.25, 0.3) is 10.9 Å². The molecule has 1 aromatic carbocycles. The molecule has 2 N–H and O–H groups in total. The highest BCUT2D eigenvalue weighted by Gasteiger charge is 2.18. The van der Waals surface area contributed by atoms with Gasteiger partial charge in [0.2, 0.25) is 0 Å². The lowest BCUT2D eigenvalue weighted by molar-refractivity contribution is 0.273. The van der Waals surface area contributed by atoms with Crippen molar-refractivity contribution in [3.05, 3.63) is 36.0 Å². The molecule has 2 aromatic rings. The predicted octanol–water partition coefficient (Wildman–Crippen LogP) is 3.64. The van der Waals surface area contributed by atoms with Gasteiger partial charge in [-0.1, -0.05) is 25.1 Å². The number of piperidine rings is 1. The van der Waals surface area contributed by atoms with Gasteiger partial charge in [0, 0.05) is 43.8 Å². The Labute approximate surface area is 155 Å². The Kier molecular flexibility index (Phi) is 6.74. The lowest BCUT2D eigenvalue weighted by Crippen LogP contribution is -2.45. The molecule has 0 spiro atoms. The fourth-order valence-corrected chi connectivity index (χ4v) is 3.20. The van der Waals surface area contributed by atoms with E-state index in [9.17, 15) is 0 Å². The SMILES string of the molecule is CN=C(NCCc1c[nH]c2ccccc12)N1CCC(C)CC1.I. The molecule has 1 saturated heterocycles. The van der Waals surface area contributed by atoms with Crippen LogP contribution in [0, 0.1) is 5.92 Å². The number of H-pyrrole nitrogens is 1. The molecule has 0 unspecified atom stereocenters. The monoisotopic (exact) mass is 426 g/mol. The van der Waals surface area contributed by atoms with Gasteiger partial charge in [0.25, 0.3) is 0 Å². The van der Waals surface area contributed by atoms with Gasteiger partial charge in [-0.15, -0.1) is 24.0 Å². The zero-order valence-corrected chi connectivity index (χ0v) is 16.3. The number of aromatic amines is 1. The van der Waals surface area contributed by atoms with Crippen molar-refractivity contribution in [3.8, 4) is 0 Å². The van der Waals surface area contributed by atoms with E-state index in [1.807, 2.05) is 7.05 Å². The van der Waals surface area contributed by atoms with Crippen molar-refractivity contribution in [2.75, 3.05) is 26.7 Å². The van der Waals surface area contributed by atoms with E-state index in [-0.39, 0.29) is 24.0 Å². The zero-order chi connectivity index (χ0) is 15.4. The number of fused-ring (bicyclic) bond motifs is 1. The fraction of sp³-hybridized carbons (Fsp3) is 0.500. The molecule has 0 radical (unpaired) electrons. The van der Waals surface area contributed by atoms with E-state index < -0.39 is 0 Å². The van der Waals surface area contributed by atoms with Gasteiger partial charge < -0.3 is 15.2 Å². The average molecular weight is 426 g/mol. The van der Waals surface area contributed by atoms with Gasteiger partial charge in [-0.25, -0.2) is 0 Å². The first-order chi connectivity index (χ1) is 10.8. The summed E-state index contributed by atoms with van der Waals surface area (Å²) in [6.07, 6.45) is 5.66. The fourth-order valence-electron chi connectivity index (χ4n) is 3.20. The Morgan fingerprint density at radius 2 is 2.04 bits per heavy atom. The topological polar surface area (TPSA) is 43.4 Å². The highest BCUT2D eigenvalue weighted by atomic mass is 127. The molecular weight excluding hydrogens is 399 g/mol. The van der Waals surface area contributed by atoms with Crippen molar-refractivity contribution in [1.82, 2.24) is 15.2 Å². The van der Waals surface area contributed by atoms with Crippen LogP contribution in [0.3, 0.4) is 0 Å². The highest BCUT2D eigenvalue weighted by molar-refractivity contribution is 14.0. The van der Waals surface area contributed by atoms with E-state index in [0.717, 1.165) is 37.9 Å². The summed E-state index contributed by atoms with van der Waals surface area (Å²) in [5, 5.41) is 4.84. The van der Waals surface area contributed by atoms with Gasteiger partial charge in [-0.2, -0.15) is 0 Å². The maximum absolute atomic E-state index is 4.44. The molecule has 0 aliphatic carbocycles. The van der Waals surface area contributed by atoms with Crippen LogP contribution in [0.2, 0.25) is 0 Å². The molecule has 1 fully saturated rings. The van der Waals surface area contributed by atoms with Gasteiger partial charge in [-0.05, 0) is 36.8 Å². The minimum Gasteiger partial charge on any atom is -0.361 e. The molecule has 126 valence electrons. The van der Waals surface area contributed by atoms with E-state index >= 15 is 0 Å². The molecular formula is C18H27IN4. The third kappa shape index (κ3) is 4.40. The van der Waals surface area contributed by atoms with E-state index in [1.165, 1.54) is 29.3 Å². The number of likely N-dealkylation sites (tertiary alicyclic amines) is 1. The van der Waals surface area contributed by atoms with E-state index in [0.29, 0.717) is 0 Å². The van der Waals surface area contributed by atoms with Crippen LogP contribution < -0.4 is 5.32 Å². The number of hydrogen-bond acceptors (Lipinski definition) is 1. The number of nitrogens with one attached hydrogen (secondary N) is 2. The Morgan fingerprint density at radius 3 is 2.78 bits per heavy atom. The van der Waals surface area contributed by atoms with Crippen molar-refractivity contribution in [1.29, 1.82) is 0 Å². The second-order valence-corrected chi connectivity index (χ2v) is 6.25. The summed E-state index contributed by atoms with van der Waals surface area (Å²) in [6, 6.07) is 8.48. The third-order valence-electron chi connectivity index (χ3n) is 4.65. The maximum atomic E-state index is 4.44. The molecule has 0 amide bonds. The Bertz CT molecular complexity index is 641. The van der Waals surface area contributed by atoms with Crippen LogP contribution in [0.5, 0.6) is 0 Å². The average Bonchev–Trinajstić information content (AvgIpc) is 2.96. The number of guanidine groups is 1. The van der Waals surface area contributed by atoms with Crippen LogP contribution in [0.1, 0.15) is 25.3 Å². The summed E-state index contributed by atoms with van der Waals surface area (Å²) in [5.74, 6) is 1.90. The lowest BCUT2D eigenvalue weighted by atomic mass is 9.99. The smallest absolute Gasteiger partial charge is 0.193 e. The van der Waals surface area contributed by atoms with Crippen LogP contribution in [0.4, 0.5) is 0 Å². The molecule has 0 atom stereocenters. The van der Waals surface area contributed by atoms with E-state index in [2.05, 4.69) is 57.6 Å². The molecule has 1 aliphatic heterocycles. The molecule has 0 bridgehead atoms. The minimum atomic E-state index is 0. The quantitative estimate of drug-likeness (QED) is 0.447. The van der Waals surface area contributed by atoms with Crippen molar-refractivity contribution in [2.45, 2.75) is 26.2 Å². The van der Waals surface area contributed by atoms with E-state index in [4.69, 9.17) is 0 Å².